The Balaban J connectivity index is 1.98. The van der Waals surface area contributed by atoms with Crippen molar-refractivity contribution in [2.45, 2.75) is 6.92 Å². The van der Waals surface area contributed by atoms with E-state index in [9.17, 15) is 5.11 Å². The first-order chi connectivity index (χ1) is 10.1. The summed E-state index contributed by atoms with van der Waals surface area (Å²) in [5, 5.41) is 17.2. The van der Waals surface area contributed by atoms with Crippen LogP contribution in [0, 0.1) is 6.92 Å². The van der Waals surface area contributed by atoms with Crippen LogP contribution in [0.3, 0.4) is 0 Å². The number of hydrogen-bond acceptors (Lipinski definition) is 5. The van der Waals surface area contributed by atoms with Gasteiger partial charge in [-0.3, -0.25) is 4.68 Å². The SMILES string of the molecule is Cc1cnc(Nc2cnn(C)c2)nc1-c1ccccc1O. The van der Waals surface area contributed by atoms with E-state index in [1.54, 1.807) is 29.2 Å². The van der Waals surface area contributed by atoms with Gasteiger partial charge in [0.1, 0.15) is 5.75 Å². The van der Waals surface area contributed by atoms with Crippen molar-refractivity contribution < 1.29 is 5.11 Å². The molecule has 2 N–H and O–H groups in total. The molecule has 0 amide bonds. The highest BCUT2D eigenvalue weighted by molar-refractivity contribution is 5.70. The number of aryl methyl sites for hydroxylation is 2. The Kier molecular flexibility index (Phi) is 3.27. The molecule has 6 heteroatoms. The zero-order chi connectivity index (χ0) is 14.8. The summed E-state index contributed by atoms with van der Waals surface area (Å²) in [6.45, 7) is 1.91. The fourth-order valence-electron chi connectivity index (χ4n) is 2.06. The molecule has 0 saturated heterocycles. The highest BCUT2D eigenvalue weighted by Crippen LogP contribution is 2.30. The Labute approximate surface area is 122 Å². The van der Waals surface area contributed by atoms with Crippen LogP contribution in [0.25, 0.3) is 11.3 Å². The second-order valence-corrected chi connectivity index (χ2v) is 4.77. The first-order valence-corrected chi connectivity index (χ1v) is 6.51. The van der Waals surface area contributed by atoms with E-state index in [2.05, 4.69) is 20.4 Å². The number of aromatic nitrogens is 4. The van der Waals surface area contributed by atoms with Gasteiger partial charge in [0.25, 0.3) is 0 Å². The molecule has 2 heterocycles. The van der Waals surface area contributed by atoms with Gasteiger partial charge in [-0.15, -0.1) is 0 Å². The summed E-state index contributed by atoms with van der Waals surface area (Å²) in [5.41, 5.74) is 3.10. The fraction of sp³-hybridized carbons (Fsp3) is 0.133. The molecule has 3 aromatic rings. The molecule has 0 spiro atoms. The van der Waals surface area contributed by atoms with Crippen LogP contribution in [0.5, 0.6) is 5.75 Å². The average molecular weight is 281 g/mol. The summed E-state index contributed by atoms with van der Waals surface area (Å²) in [5.74, 6) is 0.665. The lowest BCUT2D eigenvalue weighted by Gasteiger charge is -2.09. The standard InChI is InChI=1S/C15H15N5O/c1-10-7-16-15(18-11-8-17-20(2)9-11)19-14(10)12-5-3-4-6-13(12)21/h3-9,21H,1-2H3,(H,16,18,19). The number of para-hydroxylation sites is 1. The topological polar surface area (TPSA) is 75.9 Å². The van der Waals surface area contributed by atoms with E-state index in [4.69, 9.17) is 0 Å². The second-order valence-electron chi connectivity index (χ2n) is 4.77. The Morgan fingerprint density at radius 3 is 2.71 bits per heavy atom. The molecule has 106 valence electrons. The molecule has 0 atom stereocenters. The van der Waals surface area contributed by atoms with E-state index in [1.807, 2.05) is 32.3 Å². The zero-order valence-corrected chi connectivity index (χ0v) is 11.8. The van der Waals surface area contributed by atoms with E-state index in [0.29, 0.717) is 17.2 Å². The van der Waals surface area contributed by atoms with Crippen molar-refractivity contribution in [3.63, 3.8) is 0 Å². The van der Waals surface area contributed by atoms with Crippen LogP contribution >= 0.6 is 0 Å². The van der Waals surface area contributed by atoms with Gasteiger partial charge in [-0.2, -0.15) is 5.10 Å². The minimum atomic E-state index is 0.201. The van der Waals surface area contributed by atoms with Gasteiger partial charge in [-0.25, -0.2) is 9.97 Å². The molecule has 0 unspecified atom stereocenters. The van der Waals surface area contributed by atoms with Crippen molar-refractivity contribution in [1.29, 1.82) is 0 Å². The molecular weight excluding hydrogens is 266 g/mol. The van der Waals surface area contributed by atoms with Crippen LogP contribution in [0.1, 0.15) is 5.56 Å². The van der Waals surface area contributed by atoms with Gasteiger partial charge >= 0.3 is 0 Å². The minimum absolute atomic E-state index is 0.201. The third-order valence-corrected chi connectivity index (χ3v) is 3.09. The first-order valence-electron chi connectivity index (χ1n) is 6.51. The lowest BCUT2D eigenvalue weighted by molar-refractivity contribution is 0.477. The minimum Gasteiger partial charge on any atom is -0.507 e. The predicted molar refractivity (Wildman–Crippen MR) is 80.4 cm³/mol. The summed E-state index contributed by atoms with van der Waals surface area (Å²) >= 11 is 0. The van der Waals surface area contributed by atoms with Gasteiger partial charge in [-0.1, -0.05) is 12.1 Å². The zero-order valence-electron chi connectivity index (χ0n) is 11.8. The highest BCUT2D eigenvalue weighted by atomic mass is 16.3. The monoisotopic (exact) mass is 281 g/mol. The van der Waals surface area contributed by atoms with Crippen LogP contribution in [0.4, 0.5) is 11.6 Å². The number of nitrogens with zero attached hydrogens (tertiary/aromatic N) is 4. The number of phenolic OH excluding ortho intramolecular Hbond substituents is 1. The maximum absolute atomic E-state index is 9.98. The van der Waals surface area contributed by atoms with Gasteiger partial charge in [-0.05, 0) is 24.6 Å². The van der Waals surface area contributed by atoms with Crippen molar-refractivity contribution in [3.05, 3.63) is 48.4 Å². The predicted octanol–water partition coefficient (Wildman–Crippen LogP) is 2.63. The maximum Gasteiger partial charge on any atom is 0.227 e. The Hall–Kier alpha value is -2.89. The van der Waals surface area contributed by atoms with Crippen LogP contribution in [0.15, 0.2) is 42.9 Å². The van der Waals surface area contributed by atoms with Crippen molar-refractivity contribution >= 4 is 11.6 Å². The average Bonchev–Trinajstić information content (AvgIpc) is 2.87. The van der Waals surface area contributed by atoms with Gasteiger partial charge in [0.05, 0.1) is 17.6 Å². The van der Waals surface area contributed by atoms with Gasteiger partial charge in [0.15, 0.2) is 0 Å². The number of aromatic hydroxyl groups is 1. The number of hydrogen-bond donors (Lipinski definition) is 2. The molecule has 21 heavy (non-hydrogen) atoms. The summed E-state index contributed by atoms with van der Waals surface area (Å²) in [6, 6.07) is 7.12. The van der Waals surface area contributed by atoms with Crippen LogP contribution < -0.4 is 5.32 Å². The summed E-state index contributed by atoms with van der Waals surface area (Å²) in [6.07, 6.45) is 5.26. The van der Waals surface area contributed by atoms with E-state index in [0.717, 1.165) is 11.3 Å². The van der Waals surface area contributed by atoms with Gasteiger partial charge in [0, 0.05) is 25.0 Å². The van der Waals surface area contributed by atoms with Gasteiger partial charge in [0.2, 0.25) is 5.95 Å². The molecule has 2 aromatic heterocycles. The van der Waals surface area contributed by atoms with Crippen molar-refractivity contribution in [2.75, 3.05) is 5.32 Å². The molecule has 0 aliphatic heterocycles. The molecule has 0 saturated carbocycles. The Morgan fingerprint density at radius 1 is 1.19 bits per heavy atom. The Bertz CT molecular complexity index is 781. The molecule has 6 nitrogen and oxygen atoms in total. The van der Waals surface area contributed by atoms with Crippen molar-refractivity contribution in [2.24, 2.45) is 7.05 Å². The molecule has 0 aliphatic carbocycles. The maximum atomic E-state index is 9.98. The number of anilines is 2. The Morgan fingerprint density at radius 2 is 2.00 bits per heavy atom. The lowest BCUT2D eigenvalue weighted by atomic mass is 10.1. The molecule has 0 bridgehead atoms. The largest absolute Gasteiger partial charge is 0.507 e. The second kappa shape index (κ2) is 5.24. The molecule has 0 radical (unpaired) electrons. The van der Waals surface area contributed by atoms with Crippen LogP contribution in [-0.4, -0.2) is 24.9 Å². The number of phenols is 1. The third-order valence-electron chi connectivity index (χ3n) is 3.09. The van der Waals surface area contributed by atoms with Crippen LogP contribution in [0.2, 0.25) is 0 Å². The molecule has 0 fully saturated rings. The molecule has 3 rings (SSSR count). The summed E-state index contributed by atoms with van der Waals surface area (Å²) in [4.78, 5) is 8.75. The lowest BCUT2D eigenvalue weighted by Crippen LogP contribution is -1.99. The van der Waals surface area contributed by atoms with Crippen molar-refractivity contribution in [3.8, 4) is 17.0 Å². The van der Waals surface area contributed by atoms with Gasteiger partial charge < -0.3 is 10.4 Å². The normalized spacial score (nSPS) is 10.6. The van der Waals surface area contributed by atoms with E-state index >= 15 is 0 Å². The van der Waals surface area contributed by atoms with E-state index in [1.165, 1.54) is 0 Å². The van der Waals surface area contributed by atoms with E-state index < -0.39 is 0 Å². The first kappa shape index (κ1) is 13.1. The molecular formula is C15H15N5O. The molecule has 0 aliphatic rings. The summed E-state index contributed by atoms with van der Waals surface area (Å²) in [7, 11) is 1.84. The fourth-order valence-corrected chi connectivity index (χ4v) is 2.06. The number of benzene rings is 1. The highest BCUT2D eigenvalue weighted by Gasteiger charge is 2.10. The smallest absolute Gasteiger partial charge is 0.227 e. The van der Waals surface area contributed by atoms with Crippen LogP contribution in [-0.2, 0) is 7.05 Å². The molecule has 1 aromatic carbocycles. The van der Waals surface area contributed by atoms with E-state index in [-0.39, 0.29) is 5.75 Å². The number of rotatable bonds is 3. The quantitative estimate of drug-likeness (QED) is 0.772. The van der Waals surface area contributed by atoms with Crippen molar-refractivity contribution in [1.82, 2.24) is 19.7 Å². The number of nitrogens with one attached hydrogen (secondary N) is 1. The third kappa shape index (κ3) is 2.69. The summed E-state index contributed by atoms with van der Waals surface area (Å²) < 4.78 is 1.69.